The molecule has 0 saturated heterocycles. The second-order valence-electron chi connectivity index (χ2n) is 3.89. The van der Waals surface area contributed by atoms with E-state index in [1.165, 1.54) is 0 Å². The number of benzene rings is 1. The van der Waals surface area contributed by atoms with E-state index in [9.17, 15) is 4.79 Å². The molecule has 0 unspecified atom stereocenters. The second-order valence-corrected chi connectivity index (χ2v) is 3.89. The first-order chi connectivity index (χ1) is 9.29. The van der Waals surface area contributed by atoms with Gasteiger partial charge in [-0.25, -0.2) is 4.68 Å². The number of carbonyl (C=O) groups is 1. The van der Waals surface area contributed by atoms with Crippen molar-refractivity contribution in [3.8, 4) is 5.69 Å². The third kappa shape index (κ3) is 3.90. The summed E-state index contributed by atoms with van der Waals surface area (Å²) in [5.41, 5.74) is 6.86. The first kappa shape index (κ1) is 13.3. The predicted molar refractivity (Wildman–Crippen MR) is 72.1 cm³/mol. The van der Waals surface area contributed by atoms with E-state index >= 15 is 0 Å². The molecule has 19 heavy (non-hydrogen) atoms. The van der Waals surface area contributed by atoms with Crippen LogP contribution in [0.15, 0.2) is 42.7 Å². The number of hydrogen-bond donors (Lipinski definition) is 2. The van der Waals surface area contributed by atoms with Crippen LogP contribution in [0.4, 0.5) is 5.69 Å². The summed E-state index contributed by atoms with van der Waals surface area (Å²) in [6.07, 6.45) is 3.54. The van der Waals surface area contributed by atoms with Gasteiger partial charge in [0.05, 0.1) is 12.3 Å². The van der Waals surface area contributed by atoms with Crippen molar-refractivity contribution in [2.24, 2.45) is 5.73 Å². The molecule has 0 aliphatic rings. The molecule has 0 atom stereocenters. The minimum Gasteiger partial charge on any atom is -0.370 e. The van der Waals surface area contributed by atoms with Crippen molar-refractivity contribution in [2.45, 2.75) is 0 Å². The zero-order valence-corrected chi connectivity index (χ0v) is 10.5. The third-order valence-electron chi connectivity index (χ3n) is 2.39. The normalized spacial score (nSPS) is 10.4. The predicted octanol–water partition coefficient (Wildman–Crippen LogP) is 0.786. The fourth-order valence-electron chi connectivity index (χ4n) is 1.59. The second kappa shape index (κ2) is 6.67. The van der Waals surface area contributed by atoms with E-state index < -0.39 is 0 Å². The fourth-order valence-corrected chi connectivity index (χ4v) is 1.59. The lowest BCUT2D eigenvalue weighted by Gasteiger charge is -2.07. The van der Waals surface area contributed by atoms with E-state index in [-0.39, 0.29) is 12.5 Å². The zero-order valence-electron chi connectivity index (χ0n) is 10.5. The Morgan fingerprint density at radius 1 is 1.42 bits per heavy atom. The minimum absolute atomic E-state index is 0.00317. The number of rotatable bonds is 6. The minimum atomic E-state index is -0.203. The van der Waals surface area contributed by atoms with Gasteiger partial charge in [-0.1, -0.05) is 6.07 Å². The van der Waals surface area contributed by atoms with Crippen LogP contribution in [0.5, 0.6) is 0 Å². The Morgan fingerprint density at radius 3 is 3.05 bits per heavy atom. The average molecular weight is 260 g/mol. The Morgan fingerprint density at radius 2 is 2.32 bits per heavy atom. The van der Waals surface area contributed by atoms with Crippen LogP contribution in [0.25, 0.3) is 5.69 Å². The molecule has 0 fully saturated rings. The molecule has 1 aromatic heterocycles. The van der Waals surface area contributed by atoms with Gasteiger partial charge in [-0.15, -0.1) is 0 Å². The summed E-state index contributed by atoms with van der Waals surface area (Å²) in [7, 11) is 0. The molecule has 2 aromatic rings. The van der Waals surface area contributed by atoms with Crippen molar-refractivity contribution < 1.29 is 9.53 Å². The number of aromatic nitrogens is 2. The van der Waals surface area contributed by atoms with Gasteiger partial charge in [-0.2, -0.15) is 5.10 Å². The number of carbonyl (C=O) groups excluding carboxylic acids is 1. The first-order valence-electron chi connectivity index (χ1n) is 5.97. The highest BCUT2D eigenvalue weighted by Crippen LogP contribution is 2.13. The summed E-state index contributed by atoms with van der Waals surface area (Å²) < 4.78 is 6.79. The Balaban J connectivity index is 1.97. The number of amides is 1. The van der Waals surface area contributed by atoms with Gasteiger partial charge in [-0.3, -0.25) is 4.79 Å². The molecule has 1 aromatic carbocycles. The van der Waals surface area contributed by atoms with Crippen molar-refractivity contribution in [3.63, 3.8) is 0 Å². The van der Waals surface area contributed by atoms with E-state index in [4.69, 9.17) is 10.5 Å². The average Bonchev–Trinajstić information content (AvgIpc) is 2.93. The maximum absolute atomic E-state index is 11.6. The number of ether oxygens (including phenoxy) is 1. The van der Waals surface area contributed by atoms with Crippen molar-refractivity contribution in [3.05, 3.63) is 42.7 Å². The topological polar surface area (TPSA) is 82.2 Å². The van der Waals surface area contributed by atoms with Crippen molar-refractivity contribution in [1.82, 2.24) is 9.78 Å². The molecule has 0 bridgehead atoms. The molecule has 6 heteroatoms. The largest absolute Gasteiger partial charge is 0.370 e. The molecule has 1 amide bonds. The molecule has 0 radical (unpaired) electrons. The highest BCUT2D eigenvalue weighted by molar-refractivity contribution is 5.91. The summed E-state index contributed by atoms with van der Waals surface area (Å²) in [4.78, 5) is 11.6. The molecule has 0 aliphatic carbocycles. The van der Waals surface area contributed by atoms with Crippen LogP contribution in [0.2, 0.25) is 0 Å². The molecule has 1 heterocycles. The molecule has 6 nitrogen and oxygen atoms in total. The van der Waals surface area contributed by atoms with Gasteiger partial charge in [0.25, 0.3) is 0 Å². The molecular weight excluding hydrogens is 244 g/mol. The Labute approximate surface area is 111 Å². The number of nitrogens with two attached hydrogens (primary N) is 1. The number of hydrogen-bond acceptors (Lipinski definition) is 4. The molecule has 3 N–H and O–H groups in total. The highest BCUT2D eigenvalue weighted by atomic mass is 16.5. The fraction of sp³-hybridized carbons (Fsp3) is 0.231. The smallest absolute Gasteiger partial charge is 0.250 e. The maximum atomic E-state index is 11.6. The molecule has 100 valence electrons. The van der Waals surface area contributed by atoms with Gasteiger partial charge < -0.3 is 15.8 Å². The molecular formula is C13H16N4O2. The Hall–Kier alpha value is -2.18. The van der Waals surface area contributed by atoms with Crippen molar-refractivity contribution >= 4 is 11.6 Å². The van der Waals surface area contributed by atoms with Crippen LogP contribution in [0.1, 0.15) is 0 Å². The lowest BCUT2D eigenvalue weighted by molar-refractivity contribution is -0.120. The van der Waals surface area contributed by atoms with E-state index in [1.54, 1.807) is 10.9 Å². The van der Waals surface area contributed by atoms with Crippen LogP contribution in [0.3, 0.4) is 0 Å². The van der Waals surface area contributed by atoms with Crippen LogP contribution < -0.4 is 11.1 Å². The quantitative estimate of drug-likeness (QED) is 0.752. The molecule has 0 aliphatic heterocycles. The van der Waals surface area contributed by atoms with Crippen LogP contribution in [-0.2, 0) is 9.53 Å². The standard InChI is InChI=1S/C13H16N4O2/c14-5-8-19-10-13(18)16-11-3-1-4-12(9-11)17-7-2-6-15-17/h1-4,6-7,9H,5,8,10,14H2,(H,16,18). The number of nitrogens with zero attached hydrogens (tertiary/aromatic N) is 2. The summed E-state index contributed by atoms with van der Waals surface area (Å²) in [5, 5.41) is 6.89. The van der Waals surface area contributed by atoms with Gasteiger partial charge in [0.1, 0.15) is 6.61 Å². The zero-order chi connectivity index (χ0) is 13.5. The Bertz CT molecular complexity index is 525. The van der Waals surface area contributed by atoms with Gasteiger partial charge in [0.15, 0.2) is 0 Å². The van der Waals surface area contributed by atoms with Crippen LogP contribution >= 0.6 is 0 Å². The first-order valence-corrected chi connectivity index (χ1v) is 5.97. The van der Waals surface area contributed by atoms with Gasteiger partial charge in [-0.05, 0) is 24.3 Å². The lowest BCUT2D eigenvalue weighted by atomic mass is 10.3. The lowest BCUT2D eigenvalue weighted by Crippen LogP contribution is -2.20. The number of anilines is 1. The molecule has 0 spiro atoms. The van der Waals surface area contributed by atoms with Crippen LogP contribution in [0, 0.1) is 0 Å². The van der Waals surface area contributed by atoms with Crippen molar-refractivity contribution in [1.29, 1.82) is 0 Å². The molecule has 0 saturated carbocycles. The van der Waals surface area contributed by atoms with Gasteiger partial charge in [0.2, 0.25) is 5.91 Å². The summed E-state index contributed by atoms with van der Waals surface area (Å²) >= 11 is 0. The summed E-state index contributed by atoms with van der Waals surface area (Å²) in [6.45, 7) is 0.784. The van der Waals surface area contributed by atoms with E-state index in [0.717, 1.165) is 5.69 Å². The van der Waals surface area contributed by atoms with Gasteiger partial charge in [0, 0.05) is 24.6 Å². The van der Waals surface area contributed by atoms with E-state index in [0.29, 0.717) is 18.8 Å². The summed E-state index contributed by atoms with van der Waals surface area (Å²) in [6, 6.07) is 9.26. The maximum Gasteiger partial charge on any atom is 0.250 e. The van der Waals surface area contributed by atoms with Crippen molar-refractivity contribution in [2.75, 3.05) is 25.1 Å². The van der Waals surface area contributed by atoms with Crippen LogP contribution in [-0.4, -0.2) is 35.4 Å². The highest BCUT2D eigenvalue weighted by Gasteiger charge is 2.03. The Kier molecular flexibility index (Phi) is 4.66. The SMILES string of the molecule is NCCOCC(=O)Nc1cccc(-n2cccn2)c1. The van der Waals surface area contributed by atoms with Gasteiger partial charge >= 0.3 is 0 Å². The summed E-state index contributed by atoms with van der Waals surface area (Å²) in [5.74, 6) is -0.203. The monoisotopic (exact) mass is 260 g/mol. The number of nitrogens with one attached hydrogen (secondary N) is 1. The van der Waals surface area contributed by atoms with E-state index in [2.05, 4.69) is 10.4 Å². The van der Waals surface area contributed by atoms with E-state index in [1.807, 2.05) is 36.5 Å². The third-order valence-corrected chi connectivity index (χ3v) is 2.39. The molecule has 2 rings (SSSR count).